The number of amides is 1. The van der Waals surface area contributed by atoms with E-state index in [1.165, 1.54) is 0 Å². The van der Waals surface area contributed by atoms with Gasteiger partial charge in [0, 0.05) is 21.7 Å². The number of nitrogens with one attached hydrogen (secondary N) is 1. The van der Waals surface area contributed by atoms with Crippen LogP contribution < -0.4 is 11.1 Å². The van der Waals surface area contributed by atoms with E-state index >= 15 is 0 Å². The third-order valence-electron chi connectivity index (χ3n) is 2.17. The summed E-state index contributed by atoms with van der Waals surface area (Å²) < 4.78 is 1.12. The van der Waals surface area contributed by atoms with E-state index in [0.717, 1.165) is 22.1 Å². The lowest BCUT2D eigenvalue weighted by Gasteiger charge is -2.06. The van der Waals surface area contributed by atoms with E-state index < -0.39 is 0 Å². The Labute approximate surface area is 110 Å². The molecule has 3 N–H and O–H groups in total. The van der Waals surface area contributed by atoms with Crippen molar-refractivity contribution in [2.24, 2.45) is 5.73 Å². The number of carbonyl (C=O) groups is 1. The molecule has 1 aromatic rings. The van der Waals surface area contributed by atoms with Crippen LogP contribution in [-0.4, -0.2) is 11.9 Å². The average molecular weight is 332 g/mol. The third-order valence-corrected chi connectivity index (χ3v) is 2.84. The molecule has 0 fully saturated rings. The molecule has 0 aliphatic carbocycles. The van der Waals surface area contributed by atoms with Crippen molar-refractivity contribution in [2.75, 3.05) is 5.32 Å². The summed E-state index contributed by atoms with van der Waals surface area (Å²) in [6, 6.07) is 7.94. The fraction of sp³-hybridized carbons (Fsp3) is 0.417. The largest absolute Gasteiger partial charge is 0.328 e. The highest BCUT2D eigenvalue weighted by atomic mass is 127. The summed E-state index contributed by atoms with van der Waals surface area (Å²) in [5.74, 6) is 0.0580. The Morgan fingerprint density at radius 1 is 1.56 bits per heavy atom. The molecule has 1 unspecified atom stereocenters. The van der Waals surface area contributed by atoms with Gasteiger partial charge < -0.3 is 11.1 Å². The number of nitrogens with two attached hydrogens (primary N) is 1. The van der Waals surface area contributed by atoms with Crippen LogP contribution in [0.2, 0.25) is 0 Å². The number of hydrogen-bond donors (Lipinski definition) is 2. The molecule has 0 aliphatic heterocycles. The van der Waals surface area contributed by atoms with Crippen molar-refractivity contribution in [3.63, 3.8) is 0 Å². The second-order valence-electron chi connectivity index (χ2n) is 3.93. The van der Waals surface area contributed by atoms with Crippen LogP contribution in [0.3, 0.4) is 0 Å². The summed E-state index contributed by atoms with van der Waals surface area (Å²) >= 11 is 2.22. The highest BCUT2D eigenvalue weighted by molar-refractivity contribution is 14.1. The zero-order valence-electron chi connectivity index (χ0n) is 9.37. The Balaban J connectivity index is 2.34. The third kappa shape index (κ3) is 5.46. The van der Waals surface area contributed by atoms with E-state index in [4.69, 9.17) is 5.73 Å². The SMILES string of the molecule is CC(N)CCCC(=O)Nc1cccc(I)c1. The Kier molecular flexibility index (Phi) is 5.76. The second kappa shape index (κ2) is 6.85. The molecule has 16 heavy (non-hydrogen) atoms. The van der Waals surface area contributed by atoms with Gasteiger partial charge in [-0.1, -0.05) is 6.07 Å². The molecular formula is C12H17IN2O. The zero-order chi connectivity index (χ0) is 12.0. The van der Waals surface area contributed by atoms with Crippen LogP contribution in [0.1, 0.15) is 26.2 Å². The van der Waals surface area contributed by atoms with Crippen LogP contribution in [0.5, 0.6) is 0 Å². The van der Waals surface area contributed by atoms with E-state index in [2.05, 4.69) is 27.9 Å². The first-order chi connectivity index (χ1) is 7.58. The molecule has 0 saturated heterocycles. The van der Waals surface area contributed by atoms with Crippen molar-refractivity contribution in [3.05, 3.63) is 27.8 Å². The number of anilines is 1. The number of hydrogen-bond acceptors (Lipinski definition) is 2. The summed E-state index contributed by atoms with van der Waals surface area (Å²) in [5, 5.41) is 2.87. The molecule has 0 spiro atoms. The van der Waals surface area contributed by atoms with Gasteiger partial charge in [-0.3, -0.25) is 4.79 Å². The number of carbonyl (C=O) groups excluding carboxylic acids is 1. The number of benzene rings is 1. The van der Waals surface area contributed by atoms with Gasteiger partial charge in [-0.25, -0.2) is 0 Å². The molecule has 0 saturated carbocycles. The molecule has 88 valence electrons. The Morgan fingerprint density at radius 3 is 2.94 bits per heavy atom. The van der Waals surface area contributed by atoms with E-state index in [9.17, 15) is 4.79 Å². The first-order valence-corrected chi connectivity index (χ1v) is 6.47. The van der Waals surface area contributed by atoms with Crippen molar-refractivity contribution in [3.8, 4) is 0 Å². The highest BCUT2D eigenvalue weighted by Crippen LogP contribution is 2.13. The van der Waals surface area contributed by atoms with Gasteiger partial charge in [0.2, 0.25) is 5.91 Å². The minimum absolute atomic E-state index is 0.0580. The smallest absolute Gasteiger partial charge is 0.224 e. The van der Waals surface area contributed by atoms with Gasteiger partial charge in [0.1, 0.15) is 0 Å². The van der Waals surface area contributed by atoms with Gasteiger partial charge >= 0.3 is 0 Å². The summed E-state index contributed by atoms with van der Waals surface area (Å²) in [7, 11) is 0. The van der Waals surface area contributed by atoms with Gasteiger partial charge in [-0.05, 0) is 60.6 Å². The number of halogens is 1. The molecule has 1 atom stereocenters. The fourth-order valence-corrected chi connectivity index (χ4v) is 1.92. The van der Waals surface area contributed by atoms with Crippen molar-refractivity contribution in [1.82, 2.24) is 0 Å². The Morgan fingerprint density at radius 2 is 2.31 bits per heavy atom. The van der Waals surface area contributed by atoms with Crippen molar-refractivity contribution in [2.45, 2.75) is 32.2 Å². The summed E-state index contributed by atoms with van der Waals surface area (Å²) in [5.41, 5.74) is 6.48. The van der Waals surface area contributed by atoms with Crippen LogP contribution >= 0.6 is 22.6 Å². The summed E-state index contributed by atoms with van der Waals surface area (Å²) in [6.07, 6.45) is 2.26. The predicted octanol–water partition coefficient (Wildman–Crippen LogP) is 2.75. The molecule has 0 aliphatic rings. The molecule has 4 heteroatoms. The summed E-state index contributed by atoms with van der Waals surface area (Å²) in [4.78, 5) is 11.6. The Hall–Kier alpha value is -0.620. The van der Waals surface area contributed by atoms with Crippen molar-refractivity contribution in [1.29, 1.82) is 0 Å². The van der Waals surface area contributed by atoms with Gasteiger partial charge in [0.15, 0.2) is 0 Å². The predicted molar refractivity (Wildman–Crippen MR) is 75.3 cm³/mol. The minimum atomic E-state index is 0.0580. The average Bonchev–Trinajstić information content (AvgIpc) is 2.16. The molecule has 3 nitrogen and oxygen atoms in total. The lowest BCUT2D eigenvalue weighted by atomic mass is 10.1. The standard InChI is InChI=1S/C12H17IN2O/c1-9(14)4-2-7-12(16)15-11-6-3-5-10(13)8-11/h3,5-6,8-9H,2,4,7,14H2,1H3,(H,15,16). The lowest BCUT2D eigenvalue weighted by Crippen LogP contribution is -2.16. The zero-order valence-corrected chi connectivity index (χ0v) is 11.5. The van der Waals surface area contributed by atoms with E-state index in [1.54, 1.807) is 0 Å². The topological polar surface area (TPSA) is 55.1 Å². The van der Waals surface area contributed by atoms with Gasteiger partial charge in [-0.2, -0.15) is 0 Å². The second-order valence-corrected chi connectivity index (χ2v) is 5.17. The lowest BCUT2D eigenvalue weighted by molar-refractivity contribution is -0.116. The van der Waals surface area contributed by atoms with Crippen LogP contribution in [0.4, 0.5) is 5.69 Å². The van der Waals surface area contributed by atoms with Crippen LogP contribution in [0.15, 0.2) is 24.3 Å². The quantitative estimate of drug-likeness (QED) is 0.815. The van der Waals surface area contributed by atoms with E-state index in [1.807, 2.05) is 31.2 Å². The normalized spacial score (nSPS) is 12.2. The first kappa shape index (κ1) is 13.4. The van der Waals surface area contributed by atoms with Crippen LogP contribution in [0, 0.1) is 3.57 Å². The van der Waals surface area contributed by atoms with Crippen molar-refractivity contribution >= 4 is 34.2 Å². The molecule has 0 bridgehead atoms. The first-order valence-electron chi connectivity index (χ1n) is 5.39. The number of rotatable bonds is 5. The van der Waals surface area contributed by atoms with Gasteiger partial charge in [-0.15, -0.1) is 0 Å². The molecule has 1 rings (SSSR count). The maximum absolute atomic E-state index is 11.6. The molecule has 0 heterocycles. The maximum atomic E-state index is 11.6. The molecule has 0 radical (unpaired) electrons. The monoisotopic (exact) mass is 332 g/mol. The molecule has 1 aromatic carbocycles. The fourth-order valence-electron chi connectivity index (χ4n) is 1.37. The van der Waals surface area contributed by atoms with Gasteiger partial charge in [0.05, 0.1) is 0 Å². The molecule has 0 aromatic heterocycles. The minimum Gasteiger partial charge on any atom is -0.328 e. The maximum Gasteiger partial charge on any atom is 0.224 e. The van der Waals surface area contributed by atoms with Crippen molar-refractivity contribution < 1.29 is 4.79 Å². The summed E-state index contributed by atoms with van der Waals surface area (Å²) in [6.45, 7) is 1.96. The molecular weight excluding hydrogens is 315 g/mol. The molecule has 1 amide bonds. The van der Waals surface area contributed by atoms with Crippen LogP contribution in [0.25, 0.3) is 0 Å². The van der Waals surface area contributed by atoms with E-state index in [0.29, 0.717) is 6.42 Å². The highest BCUT2D eigenvalue weighted by Gasteiger charge is 2.03. The van der Waals surface area contributed by atoms with Gasteiger partial charge in [0.25, 0.3) is 0 Å². The van der Waals surface area contributed by atoms with Crippen LogP contribution in [-0.2, 0) is 4.79 Å². The van der Waals surface area contributed by atoms with E-state index in [-0.39, 0.29) is 11.9 Å². The Bertz CT molecular complexity index is 353.